The predicted octanol–water partition coefficient (Wildman–Crippen LogP) is 1.09. The molecule has 4 N–H and O–H groups in total. The van der Waals surface area contributed by atoms with Gasteiger partial charge in [-0.15, -0.1) is 0 Å². The molecule has 0 aromatic heterocycles. The van der Waals surface area contributed by atoms with Gasteiger partial charge in [0.2, 0.25) is 0 Å². The van der Waals surface area contributed by atoms with Gasteiger partial charge in [-0.2, -0.15) is 0 Å². The molecule has 0 atom stereocenters. The van der Waals surface area contributed by atoms with E-state index in [-0.39, 0.29) is 18.9 Å². The first-order chi connectivity index (χ1) is 12.0. The van der Waals surface area contributed by atoms with E-state index in [1.54, 1.807) is 42.5 Å². The second kappa shape index (κ2) is 9.02. The molecule has 0 heterocycles. The number of benzene rings is 2. The molecule has 0 aliphatic rings. The first-order valence-electron chi connectivity index (χ1n) is 7.45. The lowest BCUT2D eigenvalue weighted by Crippen LogP contribution is -2.47. The third kappa shape index (κ3) is 6.30. The van der Waals surface area contributed by atoms with Crippen LogP contribution in [0.15, 0.2) is 54.6 Å². The van der Waals surface area contributed by atoms with Crippen molar-refractivity contribution in [2.24, 2.45) is 0 Å². The second-order valence-electron chi connectivity index (χ2n) is 5.03. The van der Waals surface area contributed by atoms with Crippen LogP contribution in [0.3, 0.4) is 0 Å². The summed E-state index contributed by atoms with van der Waals surface area (Å²) in [5.41, 5.74) is 5.55. The van der Waals surface area contributed by atoms with Gasteiger partial charge >= 0.3 is 6.03 Å². The van der Waals surface area contributed by atoms with E-state index in [2.05, 4.69) is 21.5 Å². The summed E-state index contributed by atoms with van der Waals surface area (Å²) in [5, 5.41) is 4.86. The SMILES string of the molecule is O=C(CNC(=O)NCc1ccc(F)cc1)NNC(=O)c1ccccc1. The summed E-state index contributed by atoms with van der Waals surface area (Å²) in [6, 6.07) is 13.5. The fourth-order valence-electron chi connectivity index (χ4n) is 1.84. The lowest BCUT2D eigenvalue weighted by molar-refractivity contribution is -0.120. The van der Waals surface area contributed by atoms with E-state index in [0.29, 0.717) is 5.56 Å². The Balaban J connectivity index is 1.64. The molecule has 4 amide bonds. The summed E-state index contributed by atoms with van der Waals surface area (Å²) in [5.74, 6) is -1.40. The average Bonchev–Trinajstić information content (AvgIpc) is 2.64. The van der Waals surface area contributed by atoms with Gasteiger partial charge in [-0.3, -0.25) is 20.4 Å². The van der Waals surface area contributed by atoms with Crippen LogP contribution in [0.4, 0.5) is 9.18 Å². The van der Waals surface area contributed by atoms with Crippen molar-refractivity contribution in [2.75, 3.05) is 6.54 Å². The summed E-state index contributed by atoms with van der Waals surface area (Å²) in [7, 11) is 0. The Morgan fingerprint density at radius 2 is 1.52 bits per heavy atom. The van der Waals surface area contributed by atoms with Crippen LogP contribution >= 0.6 is 0 Å². The summed E-state index contributed by atoms with van der Waals surface area (Å²) in [4.78, 5) is 34.9. The fraction of sp³-hybridized carbons (Fsp3) is 0.118. The van der Waals surface area contributed by atoms with Gasteiger partial charge in [-0.1, -0.05) is 30.3 Å². The van der Waals surface area contributed by atoms with Crippen LogP contribution in [0.1, 0.15) is 15.9 Å². The minimum absolute atomic E-state index is 0.193. The van der Waals surface area contributed by atoms with Gasteiger partial charge in [0.15, 0.2) is 0 Å². The molecule has 0 spiro atoms. The Kier molecular flexibility index (Phi) is 6.47. The van der Waals surface area contributed by atoms with Crippen molar-refractivity contribution in [3.05, 3.63) is 71.5 Å². The first kappa shape index (κ1) is 17.9. The number of nitrogens with one attached hydrogen (secondary N) is 4. The highest BCUT2D eigenvalue weighted by Gasteiger charge is 2.08. The molecule has 0 saturated carbocycles. The molecule has 0 radical (unpaired) electrons. The highest BCUT2D eigenvalue weighted by Crippen LogP contribution is 2.01. The van der Waals surface area contributed by atoms with Gasteiger partial charge in [-0.05, 0) is 29.8 Å². The van der Waals surface area contributed by atoms with E-state index in [0.717, 1.165) is 5.56 Å². The van der Waals surface area contributed by atoms with Crippen molar-refractivity contribution >= 4 is 17.8 Å². The third-order valence-corrected chi connectivity index (χ3v) is 3.13. The monoisotopic (exact) mass is 344 g/mol. The Labute approximate surface area is 143 Å². The Morgan fingerprint density at radius 3 is 2.20 bits per heavy atom. The van der Waals surface area contributed by atoms with E-state index in [1.807, 2.05) is 0 Å². The maximum Gasteiger partial charge on any atom is 0.315 e. The molecule has 25 heavy (non-hydrogen) atoms. The van der Waals surface area contributed by atoms with E-state index >= 15 is 0 Å². The van der Waals surface area contributed by atoms with Crippen molar-refractivity contribution in [3.63, 3.8) is 0 Å². The summed E-state index contributed by atoms with van der Waals surface area (Å²) < 4.78 is 12.8. The van der Waals surface area contributed by atoms with Crippen LogP contribution in [0, 0.1) is 5.82 Å². The zero-order valence-corrected chi connectivity index (χ0v) is 13.2. The molecule has 7 nitrogen and oxygen atoms in total. The topological polar surface area (TPSA) is 99.3 Å². The van der Waals surface area contributed by atoms with Crippen molar-refractivity contribution < 1.29 is 18.8 Å². The van der Waals surface area contributed by atoms with Crippen LogP contribution in [0.25, 0.3) is 0 Å². The number of hydrogen-bond donors (Lipinski definition) is 4. The van der Waals surface area contributed by atoms with Crippen LogP contribution < -0.4 is 21.5 Å². The molecule has 8 heteroatoms. The molecular formula is C17H17FN4O3. The number of halogens is 1. The van der Waals surface area contributed by atoms with Gasteiger partial charge in [0.1, 0.15) is 12.4 Å². The van der Waals surface area contributed by atoms with E-state index in [1.165, 1.54) is 12.1 Å². The molecule has 0 unspecified atom stereocenters. The normalized spacial score (nSPS) is 9.80. The molecular weight excluding hydrogens is 327 g/mol. The van der Waals surface area contributed by atoms with Crippen LogP contribution in [0.2, 0.25) is 0 Å². The highest BCUT2D eigenvalue weighted by atomic mass is 19.1. The van der Waals surface area contributed by atoms with Crippen LogP contribution in [-0.2, 0) is 11.3 Å². The van der Waals surface area contributed by atoms with Gasteiger partial charge in [0.25, 0.3) is 11.8 Å². The van der Waals surface area contributed by atoms with Crippen LogP contribution in [-0.4, -0.2) is 24.4 Å². The number of carbonyl (C=O) groups excluding carboxylic acids is 3. The van der Waals surface area contributed by atoms with E-state index in [9.17, 15) is 18.8 Å². The van der Waals surface area contributed by atoms with Crippen LogP contribution in [0.5, 0.6) is 0 Å². The zero-order valence-electron chi connectivity index (χ0n) is 13.2. The molecule has 0 saturated heterocycles. The van der Waals surface area contributed by atoms with Gasteiger partial charge in [0, 0.05) is 12.1 Å². The van der Waals surface area contributed by atoms with Crippen molar-refractivity contribution in [2.45, 2.75) is 6.54 Å². The fourth-order valence-corrected chi connectivity index (χ4v) is 1.84. The van der Waals surface area contributed by atoms with Gasteiger partial charge < -0.3 is 10.6 Å². The Hall–Kier alpha value is -3.42. The van der Waals surface area contributed by atoms with Crippen molar-refractivity contribution in [3.8, 4) is 0 Å². The standard InChI is InChI=1S/C17H17FN4O3/c18-14-8-6-12(7-9-14)10-19-17(25)20-11-15(23)21-22-16(24)13-4-2-1-3-5-13/h1-9H,10-11H2,(H,21,23)(H,22,24)(H2,19,20,25). The first-order valence-corrected chi connectivity index (χ1v) is 7.45. The second-order valence-corrected chi connectivity index (χ2v) is 5.03. The Bertz CT molecular complexity index is 735. The zero-order chi connectivity index (χ0) is 18.1. The van der Waals surface area contributed by atoms with E-state index in [4.69, 9.17) is 0 Å². The third-order valence-electron chi connectivity index (χ3n) is 3.13. The molecule has 130 valence electrons. The lowest BCUT2D eigenvalue weighted by Gasteiger charge is -2.09. The van der Waals surface area contributed by atoms with Gasteiger partial charge in [-0.25, -0.2) is 9.18 Å². The lowest BCUT2D eigenvalue weighted by atomic mass is 10.2. The summed E-state index contributed by atoms with van der Waals surface area (Å²) >= 11 is 0. The smallest absolute Gasteiger partial charge is 0.315 e. The molecule has 2 aromatic rings. The quantitative estimate of drug-likeness (QED) is 0.611. The average molecular weight is 344 g/mol. The number of urea groups is 1. The molecule has 2 aromatic carbocycles. The Morgan fingerprint density at radius 1 is 0.840 bits per heavy atom. The minimum Gasteiger partial charge on any atom is -0.334 e. The number of rotatable bonds is 5. The number of hydrazine groups is 1. The molecule has 0 aliphatic heterocycles. The largest absolute Gasteiger partial charge is 0.334 e. The van der Waals surface area contributed by atoms with E-state index < -0.39 is 17.8 Å². The molecule has 2 rings (SSSR count). The number of carbonyl (C=O) groups is 3. The maximum atomic E-state index is 12.8. The predicted molar refractivity (Wildman–Crippen MR) is 88.7 cm³/mol. The minimum atomic E-state index is -0.582. The van der Waals surface area contributed by atoms with Crippen molar-refractivity contribution in [1.29, 1.82) is 0 Å². The highest BCUT2D eigenvalue weighted by molar-refractivity contribution is 5.95. The molecule has 0 fully saturated rings. The van der Waals surface area contributed by atoms with Gasteiger partial charge in [0.05, 0.1) is 0 Å². The van der Waals surface area contributed by atoms with Crippen molar-refractivity contribution in [1.82, 2.24) is 21.5 Å². The molecule has 0 bridgehead atoms. The number of amides is 4. The summed E-state index contributed by atoms with van der Waals surface area (Å²) in [6.07, 6.45) is 0. The maximum absolute atomic E-state index is 12.8. The molecule has 0 aliphatic carbocycles. The number of hydrogen-bond acceptors (Lipinski definition) is 3. The summed E-state index contributed by atoms with van der Waals surface area (Å²) in [6.45, 7) is -0.122.